The summed E-state index contributed by atoms with van der Waals surface area (Å²) in [5, 5.41) is 0.855. The van der Waals surface area contributed by atoms with Gasteiger partial charge in [0, 0.05) is 24.4 Å². The molecule has 1 saturated carbocycles. The number of rotatable bonds is 7. The van der Waals surface area contributed by atoms with E-state index in [2.05, 4.69) is 16.5 Å². The Morgan fingerprint density at radius 3 is 2.64 bits per heavy atom. The number of aromatic nitrogens is 2. The molecule has 0 N–H and O–H groups in total. The lowest BCUT2D eigenvalue weighted by Gasteiger charge is -2.28. The van der Waals surface area contributed by atoms with E-state index in [1.54, 1.807) is 0 Å². The summed E-state index contributed by atoms with van der Waals surface area (Å²) in [6.07, 6.45) is 4.91. The summed E-state index contributed by atoms with van der Waals surface area (Å²) in [4.78, 5) is 19.5. The lowest BCUT2D eigenvalue weighted by atomic mass is 10.2. The molecule has 0 aromatic carbocycles. The van der Waals surface area contributed by atoms with Crippen LogP contribution in [0.2, 0.25) is 0 Å². The van der Waals surface area contributed by atoms with Gasteiger partial charge in [-0.3, -0.25) is 4.79 Å². The number of nitrogens with zero attached hydrogens (tertiary/aromatic N) is 3. The summed E-state index contributed by atoms with van der Waals surface area (Å²) in [5.74, 6) is 0.655. The molecule has 3 aliphatic rings. The van der Waals surface area contributed by atoms with Crippen LogP contribution in [0, 0.1) is 13.8 Å². The van der Waals surface area contributed by atoms with Gasteiger partial charge in [0.15, 0.2) is 15.0 Å². The number of carbonyl (C=O) groups excluding carboxylic acids is 1. The zero-order valence-corrected chi connectivity index (χ0v) is 18.2. The van der Waals surface area contributed by atoms with Crippen molar-refractivity contribution >= 4 is 27.5 Å². The highest BCUT2D eigenvalue weighted by Gasteiger charge is 2.42. The van der Waals surface area contributed by atoms with Crippen molar-refractivity contribution in [2.24, 2.45) is 0 Å². The standard InChI is InChI=1S/C19H29N3O4S2/c1-13-14(2)21(10-17-4-3-8-26-17)19(20-13)27-11-18(23)22(15-5-6-15)16-7-9-28(24,25)12-16/h15-17H,3-12H2,1-2H3. The van der Waals surface area contributed by atoms with Crippen molar-refractivity contribution in [1.82, 2.24) is 14.5 Å². The second kappa shape index (κ2) is 7.99. The highest BCUT2D eigenvalue weighted by Crippen LogP contribution is 2.33. The van der Waals surface area contributed by atoms with Crippen LogP contribution in [0.15, 0.2) is 5.16 Å². The molecule has 3 fully saturated rings. The summed E-state index contributed by atoms with van der Waals surface area (Å²) < 4.78 is 31.7. The second-order valence-electron chi connectivity index (χ2n) is 8.19. The molecule has 1 aromatic heterocycles. The molecule has 4 rings (SSSR count). The topological polar surface area (TPSA) is 81.5 Å². The van der Waals surface area contributed by atoms with E-state index in [0.717, 1.165) is 55.4 Å². The second-order valence-corrected chi connectivity index (χ2v) is 11.4. The molecule has 2 atom stereocenters. The Balaban J connectivity index is 1.43. The molecular formula is C19H29N3O4S2. The number of ether oxygens (including phenoxy) is 1. The van der Waals surface area contributed by atoms with E-state index in [-0.39, 0.29) is 35.6 Å². The maximum atomic E-state index is 13.0. The van der Waals surface area contributed by atoms with E-state index in [9.17, 15) is 13.2 Å². The third kappa shape index (κ3) is 4.41. The van der Waals surface area contributed by atoms with Gasteiger partial charge in [-0.2, -0.15) is 0 Å². The Morgan fingerprint density at radius 1 is 1.25 bits per heavy atom. The number of amides is 1. The van der Waals surface area contributed by atoms with Gasteiger partial charge in [0.05, 0.1) is 35.6 Å². The Bertz CT molecular complexity index is 842. The van der Waals surface area contributed by atoms with Crippen LogP contribution in [-0.2, 0) is 25.9 Å². The van der Waals surface area contributed by atoms with Gasteiger partial charge in [0.25, 0.3) is 0 Å². The van der Waals surface area contributed by atoms with Gasteiger partial charge in [0.1, 0.15) is 0 Å². The van der Waals surface area contributed by atoms with Crippen molar-refractivity contribution in [2.45, 2.75) is 75.8 Å². The SMILES string of the molecule is Cc1nc(SCC(=O)N(C2CC2)C2CCS(=O)(=O)C2)n(CC2CCCO2)c1C. The van der Waals surface area contributed by atoms with Crippen LogP contribution in [0.25, 0.3) is 0 Å². The fourth-order valence-electron chi connectivity index (χ4n) is 4.19. The summed E-state index contributed by atoms with van der Waals surface area (Å²) >= 11 is 1.46. The Hall–Kier alpha value is -1.06. The Morgan fingerprint density at radius 2 is 2.04 bits per heavy atom. The van der Waals surface area contributed by atoms with Crippen LogP contribution in [0.3, 0.4) is 0 Å². The molecular weight excluding hydrogens is 398 g/mol. The number of imidazole rings is 1. The molecule has 2 aliphatic heterocycles. The predicted octanol–water partition coefficient (Wildman–Crippen LogP) is 1.95. The quantitative estimate of drug-likeness (QED) is 0.619. The third-order valence-electron chi connectivity index (χ3n) is 5.99. The maximum absolute atomic E-state index is 13.0. The first-order chi connectivity index (χ1) is 13.3. The molecule has 2 unspecified atom stereocenters. The molecule has 7 nitrogen and oxygen atoms in total. The molecule has 9 heteroatoms. The van der Waals surface area contributed by atoms with Crippen LogP contribution in [0.1, 0.15) is 43.5 Å². The van der Waals surface area contributed by atoms with Crippen LogP contribution in [0.5, 0.6) is 0 Å². The number of hydrogen-bond acceptors (Lipinski definition) is 6. The molecule has 2 saturated heterocycles. The van der Waals surface area contributed by atoms with Crippen molar-refractivity contribution in [2.75, 3.05) is 23.9 Å². The lowest BCUT2D eigenvalue weighted by molar-refractivity contribution is -0.130. The highest BCUT2D eigenvalue weighted by molar-refractivity contribution is 7.99. The highest BCUT2D eigenvalue weighted by atomic mass is 32.2. The number of sulfone groups is 1. The lowest BCUT2D eigenvalue weighted by Crippen LogP contribution is -2.43. The van der Waals surface area contributed by atoms with Gasteiger partial charge < -0.3 is 14.2 Å². The predicted molar refractivity (Wildman–Crippen MR) is 108 cm³/mol. The third-order valence-corrected chi connectivity index (χ3v) is 8.70. The first-order valence-electron chi connectivity index (χ1n) is 10.1. The van der Waals surface area contributed by atoms with E-state index in [1.807, 2.05) is 11.8 Å². The number of hydrogen-bond donors (Lipinski definition) is 0. The summed E-state index contributed by atoms with van der Waals surface area (Å²) in [7, 11) is -3.00. The molecule has 28 heavy (non-hydrogen) atoms. The largest absolute Gasteiger partial charge is 0.376 e. The molecule has 1 amide bonds. The number of aryl methyl sites for hydroxylation is 1. The van der Waals surface area contributed by atoms with Crippen molar-refractivity contribution in [3.63, 3.8) is 0 Å². The van der Waals surface area contributed by atoms with Gasteiger partial charge in [-0.05, 0) is 46.0 Å². The van der Waals surface area contributed by atoms with Gasteiger partial charge in [0.2, 0.25) is 5.91 Å². The molecule has 1 aromatic rings. The smallest absolute Gasteiger partial charge is 0.233 e. The number of thioether (sulfide) groups is 1. The van der Waals surface area contributed by atoms with E-state index in [1.165, 1.54) is 11.8 Å². The first-order valence-corrected chi connectivity index (χ1v) is 12.9. The van der Waals surface area contributed by atoms with E-state index in [4.69, 9.17) is 4.74 Å². The van der Waals surface area contributed by atoms with Crippen molar-refractivity contribution < 1.29 is 17.9 Å². The van der Waals surface area contributed by atoms with E-state index < -0.39 is 9.84 Å². The van der Waals surface area contributed by atoms with Gasteiger partial charge >= 0.3 is 0 Å². The van der Waals surface area contributed by atoms with Gasteiger partial charge in [-0.15, -0.1) is 0 Å². The fourth-order valence-corrected chi connectivity index (χ4v) is 6.88. The molecule has 1 aliphatic carbocycles. The van der Waals surface area contributed by atoms with Crippen LogP contribution < -0.4 is 0 Å². The minimum absolute atomic E-state index is 0.0385. The number of carbonyl (C=O) groups is 1. The average molecular weight is 428 g/mol. The minimum atomic E-state index is -3.00. The first kappa shape index (κ1) is 20.2. The Labute approximate surface area is 171 Å². The fraction of sp³-hybridized carbons (Fsp3) is 0.789. The molecule has 0 bridgehead atoms. The van der Waals surface area contributed by atoms with E-state index >= 15 is 0 Å². The summed E-state index contributed by atoms with van der Waals surface area (Å²) in [6, 6.07) is 0.0715. The zero-order valence-electron chi connectivity index (χ0n) is 16.6. The minimum Gasteiger partial charge on any atom is -0.376 e. The van der Waals surface area contributed by atoms with Gasteiger partial charge in [-0.1, -0.05) is 11.8 Å². The molecule has 3 heterocycles. The molecule has 0 spiro atoms. The van der Waals surface area contributed by atoms with Crippen molar-refractivity contribution in [1.29, 1.82) is 0 Å². The Kier molecular flexibility index (Phi) is 5.77. The normalized spacial score (nSPS) is 26.6. The van der Waals surface area contributed by atoms with Gasteiger partial charge in [-0.25, -0.2) is 13.4 Å². The van der Waals surface area contributed by atoms with E-state index in [0.29, 0.717) is 12.2 Å². The zero-order chi connectivity index (χ0) is 19.9. The molecule has 156 valence electrons. The maximum Gasteiger partial charge on any atom is 0.233 e. The van der Waals surface area contributed by atoms with Crippen LogP contribution >= 0.6 is 11.8 Å². The average Bonchev–Trinajstić information content (AvgIpc) is 3.10. The van der Waals surface area contributed by atoms with Crippen LogP contribution in [-0.4, -0.2) is 70.8 Å². The summed E-state index contributed by atoms with van der Waals surface area (Å²) in [6.45, 7) is 5.64. The van der Waals surface area contributed by atoms with Crippen molar-refractivity contribution in [3.05, 3.63) is 11.4 Å². The summed E-state index contributed by atoms with van der Waals surface area (Å²) in [5.41, 5.74) is 2.10. The van der Waals surface area contributed by atoms with Crippen LogP contribution in [0.4, 0.5) is 0 Å². The molecule has 0 radical (unpaired) electrons. The monoisotopic (exact) mass is 427 g/mol. The van der Waals surface area contributed by atoms with Crippen molar-refractivity contribution in [3.8, 4) is 0 Å².